The Morgan fingerprint density at radius 3 is 2.55 bits per heavy atom. The Balaban J connectivity index is 1.76. The van der Waals surface area contributed by atoms with E-state index in [-0.39, 0.29) is 11.7 Å². The predicted molar refractivity (Wildman–Crippen MR) is 79.7 cm³/mol. The van der Waals surface area contributed by atoms with Crippen LogP contribution in [0.25, 0.3) is 0 Å². The lowest BCUT2D eigenvalue weighted by atomic mass is 9.77. The SMILES string of the molecule is CC1CCC2(CC1)NC(=O)N(/N=C\c1ccc(F)cc1)C2=O. The number of rotatable bonds is 2. The molecule has 2 aliphatic rings. The molecule has 1 saturated carbocycles. The molecule has 3 rings (SSSR count). The molecule has 2 fully saturated rings. The highest BCUT2D eigenvalue weighted by Crippen LogP contribution is 2.36. The van der Waals surface area contributed by atoms with Crippen molar-refractivity contribution in [1.29, 1.82) is 0 Å². The maximum absolute atomic E-state index is 12.8. The van der Waals surface area contributed by atoms with E-state index in [1.54, 1.807) is 0 Å². The number of hydrogen-bond donors (Lipinski definition) is 1. The number of imide groups is 1. The molecule has 1 N–H and O–H groups in total. The van der Waals surface area contributed by atoms with Crippen LogP contribution in [0, 0.1) is 11.7 Å². The van der Waals surface area contributed by atoms with Crippen LogP contribution < -0.4 is 5.32 Å². The first-order valence-electron chi connectivity index (χ1n) is 7.46. The highest BCUT2D eigenvalue weighted by molar-refractivity contribution is 6.07. The summed E-state index contributed by atoms with van der Waals surface area (Å²) in [4.78, 5) is 24.6. The molecule has 0 bridgehead atoms. The van der Waals surface area contributed by atoms with Crippen molar-refractivity contribution in [2.45, 2.75) is 38.1 Å². The molecule has 1 aliphatic carbocycles. The van der Waals surface area contributed by atoms with Gasteiger partial charge in [-0.2, -0.15) is 5.10 Å². The fraction of sp³-hybridized carbons (Fsp3) is 0.438. The van der Waals surface area contributed by atoms with E-state index in [0.29, 0.717) is 24.3 Å². The fourth-order valence-corrected chi connectivity index (χ4v) is 2.98. The topological polar surface area (TPSA) is 61.8 Å². The molecule has 0 radical (unpaired) electrons. The molecule has 1 aromatic carbocycles. The zero-order chi connectivity index (χ0) is 15.7. The summed E-state index contributed by atoms with van der Waals surface area (Å²) in [6.07, 6.45) is 4.53. The third-order valence-electron chi connectivity index (χ3n) is 4.46. The third kappa shape index (κ3) is 2.61. The quantitative estimate of drug-likeness (QED) is 0.674. The number of hydrazone groups is 1. The van der Waals surface area contributed by atoms with Crippen molar-refractivity contribution in [3.8, 4) is 0 Å². The number of nitrogens with zero attached hydrogens (tertiary/aromatic N) is 2. The second-order valence-electron chi connectivity index (χ2n) is 6.11. The molecule has 0 atom stereocenters. The first-order valence-corrected chi connectivity index (χ1v) is 7.46. The molecule has 0 aromatic heterocycles. The number of carbonyl (C=O) groups is 2. The van der Waals surface area contributed by atoms with Gasteiger partial charge in [0.2, 0.25) is 0 Å². The minimum absolute atomic E-state index is 0.289. The van der Waals surface area contributed by atoms with Crippen LogP contribution in [0.4, 0.5) is 9.18 Å². The van der Waals surface area contributed by atoms with E-state index in [9.17, 15) is 14.0 Å². The first kappa shape index (κ1) is 14.7. The van der Waals surface area contributed by atoms with Gasteiger partial charge in [-0.1, -0.05) is 19.1 Å². The standard InChI is InChI=1S/C16H18FN3O2/c1-11-6-8-16(9-7-11)14(21)20(15(22)19-16)18-10-12-2-4-13(17)5-3-12/h2-5,10-11H,6-9H2,1H3,(H,19,22)/b18-10-. The number of urea groups is 1. The van der Waals surface area contributed by atoms with Crippen molar-refractivity contribution >= 4 is 18.2 Å². The van der Waals surface area contributed by atoms with E-state index in [2.05, 4.69) is 17.3 Å². The van der Waals surface area contributed by atoms with E-state index in [1.165, 1.54) is 30.5 Å². The molecule has 0 unspecified atom stereocenters. The van der Waals surface area contributed by atoms with Crippen molar-refractivity contribution in [1.82, 2.24) is 10.3 Å². The van der Waals surface area contributed by atoms with Crippen molar-refractivity contribution in [3.05, 3.63) is 35.6 Å². The molecule has 6 heteroatoms. The highest BCUT2D eigenvalue weighted by Gasteiger charge is 2.52. The molecule has 1 heterocycles. The smallest absolute Gasteiger partial charge is 0.321 e. The van der Waals surface area contributed by atoms with Gasteiger partial charge in [0, 0.05) is 0 Å². The number of nitrogens with one attached hydrogen (secondary N) is 1. The van der Waals surface area contributed by atoms with E-state index < -0.39 is 11.6 Å². The predicted octanol–water partition coefficient (Wildman–Crippen LogP) is 2.66. The number of amides is 3. The molecule has 1 saturated heterocycles. The summed E-state index contributed by atoms with van der Waals surface area (Å²) in [5.41, 5.74) is -0.163. The molecule has 116 valence electrons. The average molecular weight is 303 g/mol. The second-order valence-corrected chi connectivity index (χ2v) is 6.11. The Morgan fingerprint density at radius 2 is 1.91 bits per heavy atom. The van der Waals surface area contributed by atoms with Crippen LogP contribution in [0.15, 0.2) is 29.4 Å². The normalized spacial score (nSPS) is 28.6. The second kappa shape index (κ2) is 5.51. The maximum Gasteiger partial charge on any atom is 0.346 e. The lowest BCUT2D eigenvalue weighted by Gasteiger charge is -2.33. The van der Waals surface area contributed by atoms with Gasteiger partial charge in [-0.3, -0.25) is 4.79 Å². The van der Waals surface area contributed by atoms with E-state index in [4.69, 9.17) is 0 Å². The van der Waals surface area contributed by atoms with Crippen LogP contribution in [0.2, 0.25) is 0 Å². The van der Waals surface area contributed by atoms with Crippen molar-refractivity contribution in [3.63, 3.8) is 0 Å². The summed E-state index contributed by atoms with van der Waals surface area (Å²) in [6, 6.07) is 5.19. The maximum atomic E-state index is 12.8. The lowest BCUT2D eigenvalue weighted by Crippen LogP contribution is -2.49. The van der Waals surface area contributed by atoms with Crippen LogP contribution in [-0.4, -0.2) is 28.7 Å². The van der Waals surface area contributed by atoms with Gasteiger partial charge < -0.3 is 5.32 Å². The highest BCUT2D eigenvalue weighted by atomic mass is 19.1. The Hall–Kier alpha value is -2.24. The zero-order valence-corrected chi connectivity index (χ0v) is 12.4. The molecular formula is C16H18FN3O2. The van der Waals surface area contributed by atoms with Gasteiger partial charge >= 0.3 is 6.03 Å². The number of halogens is 1. The average Bonchev–Trinajstić information content (AvgIpc) is 2.73. The molecule has 1 aromatic rings. The summed E-state index contributed by atoms with van der Waals surface area (Å²) in [5.74, 6) is -0.0581. The van der Waals surface area contributed by atoms with Gasteiger partial charge in [0.25, 0.3) is 5.91 Å². The van der Waals surface area contributed by atoms with Crippen LogP contribution in [0.1, 0.15) is 38.2 Å². The van der Waals surface area contributed by atoms with Gasteiger partial charge in [0.05, 0.1) is 6.21 Å². The molecule has 1 spiro atoms. The molecule has 3 amide bonds. The summed E-state index contributed by atoms with van der Waals surface area (Å²) < 4.78 is 12.8. The van der Waals surface area contributed by atoms with E-state index >= 15 is 0 Å². The first-order chi connectivity index (χ1) is 10.5. The van der Waals surface area contributed by atoms with E-state index in [1.807, 2.05) is 0 Å². The summed E-state index contributed by atoms with van der Waals surface area (Å²) >= 11 is 0. The number of hydrogen-bond acceptors (Lipinski definition) is 3. The minimum atomic E-state index is -0.788. The fourth-order valence-electron chi connectivity index (χ4n) is 2.98. The monoisotopic (exact) mass is 303 g/mol. The van der Waals surface area contributed by atoms with Gasteiger partial charge in [-0.15, -0.1) is 5.01 Å². The minimum Gasteiger partial charge on any atom is -0.321 e. The van der Waals surface area contributed by atoms with Gasteiger partial charge in [0.1, 0.15) is 11.4 Å². The van der Waals surface area contributed by atoms with Crippen LogP contribution >= 0.6 is 0 Å². The van der Waals surface area contributed by atoms with Gasteiger partial charge in [-0.05, 0) is 49.3 Å². The van der Waals surface area contributed by atoms with Crippen molar-refractivity contribution in [2.75, 3.05) is 0 Å². The number of carbonyl (C=O) groups excluding carboxylic acids is 2. The Labute approximate surface area is 128 Å². The Morgan fingerprint density at radius 1 is 1.27 bits per heavy atom. The van der Waals surface area contributed by atoms with Crippen molar-refractivity contribution < 1.29 is 14.0 Å². The lowest BCUT2D eigenvalue weighted by molar-refractivity contribution is -0.132. The molecule has 5 nitrogen and oxygen atoms in total. The van der Waals surface area contributed by atoms with E-state index in [0.717, 1.165) is 17.9 Å². The zero-order valence-electron chi connectivity index (χ0n) is 12.4. The van der Waals surface area contributed by atoms with Crippen molar-refractivity contribution in [2.24, 2.45) is 11.0 Å². The summed E-state index contributed by atoms with van der Waals surface area (Å²) in [6.45, 7) is 2.15. The molecular weight excluding hydrogens is 285 g/mol. The largest absolute Gasteiger partial charge is 0.346 e. The summed E-state index contributed by atoms with van der Waals surface area (Å²) in [5, 5.41) is 7.67. The van der Waals surface area contributed by atoms with Crippen LogP contribution in [-0.2, 0) is 4.79 Å². The Kier molecular flexibility index (Phi) is 3.68. The van der Waals surface area contributed by atoms with Crippen LogP contribution in [0.3, 0.4) is 0 Å². The number of benzene rings is 1. The molecule has 22 heavy (non-hydrogen) atoms. The Bertz CT molecular complexity index is 619. The summed E-state index contributed by atoms with van der Waals surface area (Å²) in [7, 11) is 0. The molecule has 1 aliphatic heterocycles. The van der Waals surface area contributed by atoms with Gasteiger partial charge in [0.15, 0.2) is 0 Å². The van der Waals surface area contributed by atoms with Gasteiger partial charge in [-0.25, -0.2) is 9.18 Å². The third-order valence-corrected chi connectivity index (χ3v) is 4.46. The van der Waals surface area contributed by atoms with Crippen LogP contribution in [0.5, 0.6) is 0 Å².